The molecule has 0 aromatic heterocycles. The zero-order valence-corrected chi connectivity index (χ0v) is 10.6. The van der Waals surface area contributed by atoms with Gasteiger partial charge in [-0.05, 0) is 6.42 Å². The third-order valence-corrected chi connectivity index (χ3v) is 4.05. The molecule has 0 aromatic carbocycles. The molecule has 18 heavy (non-hydrogen) atoms. The van der Waals surface area contributed by atoms with E-state index in [0.717, 1.165) is 4.31 Å². The first-order chi connectivity index (χ1) is 8.12. The molecule has 0 heterocycles. The Morgan fingerprint density at radius 3 is 2.39 bits per heavy atom. The van der Waals surface area contributed by atoms with Gasteiger partial charge in [-0.1, -0.05) is 12.1 Å². The molecule has 0 radical (unpaired) electrons. The van der Waals surface area contributed by atoms with Crippen molar-refractivity contribution in [3.63, 3.8) is 0 Å². The van der Waals surface area contributed by atoms with Gasteiger partial charge in [0.15, 0.2) is 5.84 Å². The lowest BCUT2D eigenvalue weighted by molar-refractivity contribution is -0.134. The van der Waals surface area contributed by atoms with E-state index < -0.39 is 34.8 Å². The molecule has 0 aliphatic heterocycles. The van der Waals surface area contributed by atoms with Crippen LogP contribution in [-0.4, -0.2) is 48.8 Å². The van der Waals surface area contributed by atoms with Crippen LogP contribution in [0.25, 0.3) is 0 Å². The highest BCUT2D eigenvalue weighted by Gasteiger charge is 2.29. The molecule has 10 heteroatoms. The van der Waals surface area contributed by atoms with Gasteiger partial charge in [0, 0.05) is 13.0 Å². The highest BCUT2D eigenvalue weighted by Crippen LogP contribution is 2.22. The Bertz CT molecular complexity index is 381. The SMILES string of the molecule is CCN(CC(N)=NO)S(=O)(=O)CCCC(F)(F)F. The molecule has 0 aliphatic rings. The van der Waals surface area contributed by atoms with Crippen molar-refractivity contribution in [2.24, 2.45) is 10.9 Å². The predicted molar refractivity (Wildman–Crippen MR) is 59.7 cm³/mol. The smallest absolute Gasteiger partial charge is 0.389 e. The van der Waals surface area contributed by atoms with Crippen LogP contribution in [0.15, 0.2) is 5.16 Å². The molecule has 3 N–H and O–H groups in total. The average Bonchev–Trinajstić information content (AvgIpc) is 2.22. The predicted octanol–water partition coefficient (Wildman–Crippen LogP) is 0.727. The van der Waals surface area contributed by atoms with Crippen LogP contribution in [0.4, 0.5) is 13.2 Å². The molecule has 108 valence electrons. The van der Waals surface area contributed by atoms with Crippen LogP contribution in [0.2, 0.25) is 0 Å². The van der Waals surface area contributed by atoms with Crippen LogP contribution in [0.1, 0.15) is 19.8 Å². The lowest BCUT2D eigenvalue weighted by Crippen LogP contribution is -2.39. The fourth-order valence-electron chi connectivity index (χ4n) is 1.20. The van der Waals surface area contributed by atoms with Crippen molar-refractivity contribution in [1.82, 2.24) is 4.31 Å². The monoisotopic (exact) mass is 291 g/mol. The van der Waals surface area contributed by atoms with Crippen molar-refractivity contribution in [3.8, 4) is 0 Å². The number of rotatable bonds is 7. The molecule has 0 spiro atoms. The van der Waals surface area contributed by atoms with Gasteiger partial charge in [-0.15, -0.1) is 0 Å². The zero-order chi connectivity index (χ0) is 14.4. The van der Waals surface area contributed by atoms with Crippen molar-refractivity contribution in [1.29, 1.82) is 0 Å². The van der Waals surface area contributed by atoms with E-state index in [1.54, 1.807) is 0 Å². The van der Waals surface area contributed by atoms with E-state index in [9.17, 15) is 21.6 Å². The highest BCUT2D eigenvalue weighted by molar-refractivity contribution is 7.89. The first-order valence-corrected chi connectivity index (χ1v) is 6.74. The largest absolute Gasteiger partial charge is 0.409 e. The first kappa shape index (κ1) is 17.0. The normalized spacial score (nSPS) is 14.2. The first-order valence-electron chi connectivity index (χ1n) is 5.13. The Hall–Kier alpha value is -1.03. The lowest BCUT2D eigenvalue weighted by atomic mass is 10.3. The van der Waals surface area contributed by atoms with Gasteiger partial charge in [-0.2, -0.15) is 17.5 Å². The molecule has 0 saturated carbocycles. The average molecular weight is 291 g/mol. The van der Waals surface area contributed by atoms with E-state index in [-0.39, 0.29) is 18.9 Å². The van der Waals surface area contributed by atoms with Crippen LogP contribution in [0.5, 0.6) is 0 Å². The summed E-state index contributed by atoms with van der Waals surface area (Å²) in [7, 11) is -3.84. The van der Waals surface area contributed by atoms with Gasteiger partial charge in [-0.25, -0.2) is 8.42 Å². The van der Waals surface area contributed by atoms with E-state index in [0.29, 0.717) is 0 Å². The Morgan fingerprint density at radius 1 is 1.44 bits per heavy atom. The standard InChI is InChI=1S/C8H16F3N3O3S/c1-2-14(6-7(12)13-15)18(16,17)5-3-4-8(9,10)11/h15H,2-6H2,1H3,(H2,12,13). The molecule has 0 aromatic rings. The number of nitrogens with zero attached hydrogens (tertiary/aromatic N) is 2. The molecule has 0 saturated heterocycles. The van der Waals surface area contributed by atoms with E-state index in [4.69, 9.17) is 10.9 Å². The van der Waals surface area contributed by atoms with Gasteiger partial charge in [0.25, 0.3) is 0 Å². The number of hydrogen-bond acceptors (Lipinski definition) is 4. The molecule has 0 aliphatic carbocycles. The zero-order valence-electron chi connectivity index (χ0n) is 9.81. The van der Waals surface area contributed by atoms with Crippen molar-refractivity contribution in [3.05, 3.63) is 0 Å². The molecule has 0 bridgehead atoms. The number of alkyl halides is 3. The summed E-state index contributed by atoms with van der Waals surface area (Å²) < 4.78 is 59.9. The maximum atomic E-state index is 11.9. The van der Waals surface area contributed by atoms with E-state index >= 15 is 0 Å². The van der Waals surface area contributed by atoms with Crippen LogP contribution < -0.4 is 5.73 Å². The molecule has 0 rings (SSSR count). The number of sulfonamides is 1. The molecular formula is C8H16F3N3O3S. The lowest BCUT2D eigenvalue weighted by Gasteiger charge is -2.19. The summed E-state index contributed by atoms with van der Waals surface area (Å²) in [6.07, 6.45) is -6.05. The van der Waals surface area contributed by atoms with Crippen molar-refractivity contribution in [2.45, 2.75) is 25.9 Å². The van der Waals surface area contributed by atoms with Crippen molar-refractivity contribution in [2.75, 3.05) is 18.8 Å². The molecule has 0 atom stereocenters. The van der Waals surface area contributed by atoms with Gasteiger partial charge in [-0.3, -0.25) is 0 Å². The summed E-state index contributed by atoms with van der Waals surface area (Å²) in [6.45, 7) is 1.19. The van der Waals surface area contributed by atoms with E-state index in [1.165, 1.54) is 6.92 Å². The summed E-state index contributed by atoms with van der Waals surface area (Å²) >= 11 is 0. The maximum absolute atomic E-state index is 11.9. The number of halogens is 3. The fourth-order valence-corrected chi connectivity index (χ4v) is 2.69. The van der Waals surface area contributed by atoms with Crippen molar-refractivity contribution < 1.29 is 26.8 Å². The molecular weight excluding hydrogens is 275 g/mol. The topological polar surface area (TPSA) is 96.0 Å². The third-order valence-electron chi connectivity index (χ3n) is 2.08. The summed E-state index contributed by atoms with van der Waals surface area (Å²) in [6, 6.07) is 0. The summed E-state index contributed by atoms with van der Waals surface area (Å²) in [5.41, 5.74) is 5.16. The van der Waals surface area contributed by atoms with Gasteiger partial charge >= 0.3 is 6.18 Å². The van der Waals surface area contributed by atoms with Crippen molar-refractivity contribution >= 4 is 15.9 Å². The number of hydrogen-bond donors (Lipinski definition) is 2. The van der Waals surface area contributed by atoms with E-state index in [2.05, 4.69) is 5.16 Å². The quantitative estimate of drug-likeness (QED) is 0.313. The van der Waals surface area contributed by atoms with Crippen LogP contribution >= 0.6 is 0 Å². The molecule has 0 fully saturated rings. The van der Waals surface area contributed by atoms with Gasteiger partial charge in [0.1, 0.15) is 0 Å². The molecule has 0 unspecified atom stereocenters. The minimum atomic E-state index is -4.38. The van der Waals surface area contributed by atoms with E-state index in [1.807, 2.05) is 0 Å². The van der Waals surface area contributed by atoms with Crippen LogP contribution in [0.3, 0.4) is 0 Å². The summed E-state index contributed by atoms with van der Waals surface area (Å²) in [5.74, 6) is -0.949. The van der Waals surface area contributed by atoms with Gasteiger partial charge < -0.3 is 10.9 Å². The fraction of sp³-hybridized carbons (Fsp3) is 0.875. The van der Waals surface area contributed by atoms with Crippen LogP contribution in [-0.2, 0) is 10.0 Å². The minimum Gasteiger partial charge on any atom is -0.409 e. The molecule has 6 nitrogen and oxygen atoms in total. The Labute approximate surface area is 103 Å². The highest BCUT2D eigenvalue weighted by atomic mass is 32.2. The Morgan fingerprint density at radius 2 is 2.00 bits per heavy atom. The Balaban J connectivity index is 4.50. The van der Waals surface area contributed by atoms with Gasteiger partial charge in [0.2, 0.25) is 10.0 Å². The van der Waals surface area contributed by atoms with Crippen LogP contribution in [0, 0.1) is 0 Å². The number of amidine groups is 1. The second-order valence-electron chi connectivity index (χ2n) is 3.55. The maximum Gasteiger partial charge on any atom is 0.389 e. The second kappa shape index (κ2) is 6.78. The second-order valence-corrected chi connectivity index (χ2v) is 5.64. The summed E-state index contributed by atoms with van der Waals surface area (Å²) in [5, 5.41) is 10.9. The number of nitrogens with two attached hydrogens (primary N) is 1. The minimum absolute atomic E-state index is 0.0323. The number of oxime groups is 1. The summed E-state index contributed by atoms with van der Waals surface area (Å²) in [4.78, 5) is 0. The molecule has 0 amide bonds. The third kappa shape index (κ3) is 6.64. The number of likely N-dealkylation sites (N-methyl/N-ethyl adjacent to an activating group) is 1. The Kier molecular flexibility index (Phi) is 6.39. The van der Waals surface area contributed by atoms with Gasteiger partial charge in [0.05, 0.1) is 12.3 Å².